The third kappa shape index (κ3) is 6.09. The molecule has 8 heteroatoms. The van der Waals surface area contributed by atoms with E-state index in [1.165, 1.54) is 5.01 Å². The van der Waals surface area contributed by atoms with Gasteiger partial charge in [0.15, 0.2) is 0 Å². The molecule has 3 rings (SSSR count). The topological polar surface area (TPSA) is 110 Å². The minimum absolute atomic E-state index is 0.0625. The number of aryl methyl sites for hydroxylation is 3. The Balaban J connectivity index is 1.91. The lowest BCUT2D eigenvalue weighted by molar-refractivity contribution is -0.143. The van der Waals surface area contributed by atoms with E-state index in [1.807, 2.05) is 19.9 Å². The van der Waals surface area contributed by atoms with Crippen LogP contribution in [0.15, 0.2) is 17.1 Å². The number of carbonyl (C=O) groups is 2. The molecule has 0 radical (unpaired) electrons. The van der Waals surface area contributed by atoms with Crippen molar-refractivity contribution in [3.63, 3.8) is 0 Å². The summed E-state index contributed by atoms with van der Waals surface area (Å²) in [7, 11) is 0. The van der Waals surface area contributed by atoms with E-state index in [4.69, 9.17) is 10.6 Å². The van der Waals surface area contributed by atoms with Gasteiger partial charge in [-0.15, -0.1) is 0 Å². The molecule has 2 aromatic heterocycles. The highest BCUT2D eigenvalue weighted by Gasteiger charge is 2.37. The third-order valence-electron chi connectivity index (χ3n) is 7.19. The molecule has 2 aromatic rings. The zero-order valence-electron chi connectivity index (χ0n) is 22.6. The number of nitrogens with one attached hydrogen (secondary N) is 1. The van der Waals surface area contributed by atoms with Gasteiger partial charge in [0.25, 0.3) is 5.56 Å². The Morgan fingerprint density at radius 3 is 2.64 bits per heavy atom. The Kier molecular flexibility index (Phi) is 9.17. The minimum Gasteiger partial charge on any atom is -0.466 e. The van der Waals surface area contributed by atoms with E-state index in [2.05, 4.69) is 36.5 Å². The van der Waals surface area contributed by atoms with Crippen LogP contribution in [0.3, 0.4) is 0 Å². The number of pyridine rings is 1. The summed E-state index contributed by atoms with van der Waals surface area (Å²) in [4.78, 5) is 41.5. The van der Waals surface area contributed by atoms with Crippen LogP contribution in [0.5, 0.6) is 0 Å². The van der Waals surface area contributed by atoms with Crippen molar-refractivity contribution >= 4 is 11.9 Å². The highest BCUT2D eigenvalue weighted by atomic mass is 16.5. The number of aromatic nitrogens is 2. The van der Waals surface area contributed by atoms with Crippen LogP contribution in [0.4, 0.5) is 0 Å². The molecule has 3 N–H and O–H groups in total. The van der Waals surface area contributed by atoms with Crippen molar-refractivity contribution < 1.29 is 14.3 Å². The summed E-state index contributed by atoms with van der Waals surface area (Å²) in [5.74, 6) is 5.74. The molecular weight excluding hydrogens is 456 g/mol. The number of hydrogen-bond donors (Lipinski definition) is 2. The van der Waals surface area contributed by atoms with E-state index < -0.39 is 5.92 Å². The van der Waals surface area contributed by atoms with Gasteiger partial charge >= 0.3 is 5.97 Å². The van der Waals surface area contributed by atoms with E-state index in [9.17, 15) is 14.4 Å². The summed E-state index contributed by atoms with van der Waals surface area (Å²) in [6.45, 7) is 12.5. The Morgan fingerprint density at radius 1 is 1.28 bits per heavy atom. The predicted octanol–water partition coefficient (Wildman–Crippen LogP) is 4.22. The maximum atomic E-state index is 13.8. The molecule has 8 nitrogen and oxygen atoms in total. The molecule has 198 valence electrons. The fourth-order valence-electron chi connectivity index (χ4n) is 5.58. The molecule has 2 unspecified atom stereocenters. The van der Waals surface area contributed by atoms with Gasteiger partial charge in [-0.05, 0) is 89.0 Å². The van der Waals surface area contributed by atoms with Crippen LogP contribution in [-0.2, 0) is 33.7 Å². The van der Waals surface area contributed by atoms with E-state index in [1.54, 1.807) is 6.92 Å². The first-order valence-electron chi connectivity index (χ1n) is 13.2. The number of hydrogen-bond acceptors (Lipinski definition) is 5. The van der Waals surface area contributed by atoms with Crippen molar-refractivity contribution in [2.45, 2.75) is 98.6 Å². The molecule has 2 heterocycles. The fraction of sp³-hybridized carbons (Fsp3) is 0.607. The first-order valence-corrected chi connectivity index (χ1v) is 13.2. The standard InChI is InChI=1S/C28H42N4O4/c1-7-9-21-12-19(6)30-27(34)23(21)16-32(29)28(35)22-13-20(10-11-25(33)36-8-2)14-24-26(22)18(5)15-31(24)17(3)4/h12,15,17,20,22H,7-11,13-14,16,29H2,1-6H3,(H,30,34). The van der Waals surface area contributed by atoms with Crippen molar-refractivity contribution in [2.75, 3.05) is 6.61 Å². The molecule has 0 fully saturated rings. The number of nitrogens with zero attached hydrogens (tertiary/aromatic N) is 2. The molecule has 0 aliphatic heterocycles. The number of hydrazine groups is 1. The average Bonchev–Trinajstić information content (AvgIpc) is 3.16. The van der Waals surface area contributed by atoms with Gasteiger partial charge in [-0.2, -0.15) is 0 Å². The molecule has 1 aliphatic carbocycles. The predicted molar refractivity (Wildman–Crippen MR) is 141 cm³/mol. The van der Waals surface area contributed by atoms with Crippen molar-refractivity contribution in [1.29, 1.82) is 0 Å². The molecule has 0 bridgehead atoms. The maximum absolute atomic E-state index is 13.8. The van der Waals surface area contributed by atoms with E-state index in [0.717, 1.165) is 47.3 Å². The van der Waals surface area contributed by atoms with E-state index >= 15 is 0 Å². The molecule has 1 amide bonds. The second kappa shape index (κ2) is 11.9. The summed E-state index contributed by atoms with van der Waals surface area (Å²) >= 11 is 0. The second-order valence-corrected chi connectivity index (χ2v) is 10.4. The number of fused-ring (bicyclic) bond motifs is 1. The fourth-order valence-corrected chi connectivity index (χ4v) is 5.58. The number of rotatable bonds is 10. The van der Waals surface area contributed by atoms with Gasteiger partial charge in [0, 0.05) is 35.6 Å². The molecule has 0 saturated heterocycles. The molecule has 0 aromatic carbocycles. The minimum atomic E-state index is -0.412. The number of amides is 1. The number of ether oxygens (including phenoxy) is 1. The number of nitrogens with two attached hydrogens (primary N) is 1. The third-order valence-corrected chi connectivity index (χ3v) is 7.19. The van der Waals surface area contributed by atoms with Crippen LogP contribution in [0.2, 0.25) is 0 Å². The quantitative estimate of drug-likeness (QED) is 0.221. The van der Waals surface area contributed by atoms with Crippen LogP contribution in [0.1, 0.15) is 99.0 Å². The highest BCUT2D eigenvalue weighted by Crippen LogP contribution is 2.41. The van der Waals surface area contributed by atoms with Crippen LogP contribution < -0.4 is 11.4 Å². The first-order chi connectivity index (χ1) is 17.1. The molecule has 0 spiro atoms. The van der Waals surface area contributed by atoms with Crippen molar-refractivity contribution in [3.05, 3.63) is 56.3 Å². The molecular formula is C28H42N4O4. The Bertz CT molecular complexity index is 1150. The van der Waals surface area contributed by atoms with Crippen LogP contribution in [0, 0.1) is 19.8 Å². The highest BCUT2D eigenvalue weighted by molar-refractivity contribution is 5.84. The molecule has 2 atom stereocenters. The Morgan fingerprint density at radius 2 is 2.00 bits per heavy atom. The zero-order valence-corrected chi connectivity index (χ0v) is 22.6. The molecule has 36 heavy (non-hydrogen) atoms. The number of esters is 1. The Labute approximate surface area is 214 Å². The van der Waals surface area contributed by atoms with Gasteiger partial charge in [-0.1, -0.05) is 13.3 Å². The van der Waals surface area contributed by atoms with Gasteiger partial charge in [0.1, 0.15) is 0 Å². The van der Waals surface area contributed by atoms with Crippen LogP contribution in [-0.4, -0.2) is 33.0 Å². The van der Waals surface area contributed by atoms with Crippen molar-refractivity contribution in [3.8, 4) is 0 Å². The SMILES string of the molecule is CCCc1cc(C)[nH]c(=O)c1CN(N)C(=O)C1CC(CCC(=O)OCC)Cc2c1c(C)cn2C(C)C. The van der Waals surface area contributed by atoms with E-state index in [0.29, 0.717) is 31.4 Å². The van der Waals surface area contributed by atoms with Gasteiger partial charge < -0.3 is 14.3 Å². The summed E-state index contributed by atoms with van der Waals surface area (Å²) in [5.41, 5.74) is 5.35. The molecule has 0 saturated carbocycles. The van der Waals surface area contributed by atoms with Gasteiger partial charge in [0.05, 0.1) is 19.1 Å². The van der Waals surface area contributed by atoms with Gasteiger partial charge in [-0.3, -0.25) is 19.4 Å². The first kappa shape index (κ1) is 27.7. The lowest BCUT2D eigenvalue weighted by atomic mass is 9.76. The summed E-state index contributed by atoms with van der Waals surface area (Å²) in [6.07, 6.45) is 6.19. The zero-order chi connectivity index (χ0) is 26.6. The van der Waals surface area contributed by atoms with E-state index in [-0.39, 0.29) is 35.9 Å². The molecule has 1 aliphatic rings. The second-order valence-electron chi connectivity index (χ2n) is 10.4. The summed E-state index contributed by atoms with van der Waals surface area (Å²) < 4.78 is 7.37. The lowest BCUT2D eigenvalue weighted by Crippen LogP contribution is -2.43. The van der Waals surface area contributed by atoms with Gasteiger partial charge in [0.2, 0.25) is 5.91 Å². The summed E-state index contributed by atoms with van der Waals surface area (Å²) in [5, 5.41) is 1.22. The monoisotopic (exact) mass is 498 g/mol. The lowest BCUT2D eigenvalue weighted by Gasteiger charge is -2.33. The smallest absolute Gasteiger partial charge is 0.305 e. The summed E-state index contributed by atoms with van der Waals surface area (Å²) in [6, 6.07) is 2.22. The van der Waals surface area contributed by atoms with Crippen LogP contribution in [0.25, 0.3) is 0 Å². The largest absolute Gasteiger partial charge is 0.466 e. The average molecular weight is 499 g/mol. The van der Waals surface area contributed by atoms with Crippen molar-refractivity contribution in [1.82, 2.24) is 14.6 Å². The van der Waals surface area contributed by atoms with Gasteiger partial charge in [-0.25, -0.2) is 5.84 Å². The number of aromatic amines is 1. The number of carbonyl (C=O) groups excluding carboxylic acids is 2. The normalized spacial score (nSPS) is 17.2. The van der Waals surface area contributed by atoms with Crippen LogP contribution >= 0.6 is 0 Å². The van der Waals surface area contributed by atoms with Crippen molar-refractivity contribution in [2.24, 2.45) is 11.8 Å². The Hall–Kier alpha value is -2.87. The maximum Gasteiger partial charge on any atom is 0.305 e. The number of H-pyrrole nitrogens is 1.